The largest absolute Gasteiger partial charge is 0.459 e. The van der Waals surface area contributed by atoms with E-state index in [0.29, 0.717) is 37.4 Å². The number of anilines is 2. The Morgan fingerprint density at radius 3 is 2.39 bits per heavy atom. The van der Waals surface area contributed by atoms with Gasteiger partial charge in [-0.3, -0.25) is 9.59 Å². The highest BCUT2D eigenvalue weighted by Gasteiger charge is 2.56. The van der Waals surface area contributed by atoms with Crippen molar-refractivity contribution in [2.75, 3.05) is 30.9 Å². The molecule has 3 N–H and O–H groups in total. The second-order valence-electron chi connectivity index (χ2n) is 10.5. The van der Waals surface area contributed by atoms with Crippen molar-refractivity contribution < 1.29 is 32.3 Å². The maximum atomic E-state index is 15.2. The van der Waals surface area contributed by atoms with Gasteiger partial charge >= 0.3 is 0 Å². The lowest BCUT2D eigenvalue weighted by atomic mass is 10.0. The number of hydrogen-bond acceptors (Lipinski definition) is 7. The van der Waals surface area contributed by atoms with Crippen LogP contribution in [0.1, 0.15) is 18.6 Å². The van der Waals surface area contributed by atoms with E-state index in [1.165, 1.54) is 47.7 Å². The van der Waals surface area contributed by atoms with E-state index >= 15 is 4.39 Å². The van der Waals surface area contributed by atoms with Crippen molar-refractivity contribution in [1.29, 1.82) is 0 Å². The van der Waals surface area contributed by atoms with Crippen LogP contribution in [0.15, 0.2) is 83.3 Å². The molecule has 1 aliphatic carbocycles. The van der Waals surface area contributed by atoms with Gasteiger partial charge in [-0.15, -0.1) is 11.3 Å². The Labute approximate surface area is 256 Å². The molecule has 0 aliphatic heterocycles. The molecule has 1 aliphatic rings. The number of carbonyl (C=O) groups excluding carboxylic acids is 2. The van der Waals surface area contributed by atoms with Crippen molar-refractivity contribution in [2.24, 2.45) is 5.41 Å². The summed E-state index contributed by atoms with van der Waals surface area (Å²) in [5, 5.41) is 9.48. The molecular formula is C33H29F2N3O5S. The molecule has 44 heavy (non-hydrogen) atoms. The van der Waals surface area contributed by atoms with Crippen molar-refractivity contribution in [3.8, 4) is 22.1 Å². The summed E-state index contributed by atoms with van der Waals surface area (Å²) in [5.41, 5.74) is -0.680. The Hall–Kier alpha value is -4.58. The highest BCUT2D eigenvalue weighted by Crippen LogP contribution is 2.48. The van der Waals surface area contributed by atoms with Gasteiger partial charge in [-0.05, 0) is 78.9 Å². The van der Waals surface area contributed by atoms with E-state index in [1.54, 1.807) is 13.2 Å². The van der Waals surface area contributed by atoms with Gasteiger partial charge < -0.3 is 29.8 Å². The number of thiophene rings is 1. The van der Waals surface area contributed by atoms with E-state index in [4.69, 9.17) is 13.9 Å². The fraction of sp³-hybridized carbons (Fsp3) is 0.212. The summed E-state index contributed by atoms with van der Waals surface area (Å²) in [6, 6.07) is 20.8. The van der Waals surface area contributed by atoms with E-state index in [-0.39, 0.29) is 11.4 Å². The molecule has 2 amide bonds. The summed E-state index contributed by atoms with van der Waals surface area (Å²) in [7, 11) is 1.66. The van der Waals surface area contributed by atoms with Crippen LogP contribution in [0.5, 0.6) is 11.5 Å². The molecule has 3 aromatic carbocycles. The predicted molar refractivity (Wildman–Crippen MR) is 165 cm³/mol. The van der Waals surface area contributed by atoms with Crippen molar-refractivity contribution in [1.82, 2.24) is 5.32 Å². The number of carbonyl (C=O) groups is 2. The SMILES string of the molecule is COCCNCc1ccc(-c2cc3cccc(Oc4ccc(NC(=O)C5(C(=O)Nc6ccc(F)cc6)CC5)cc4F)c3s2)o1. The third-order valence-corrected chi connectivity index (χ3v) is 8.51. The van der Waals surface area contributed by atoms with E-state index in [2.05, 4.69) is 16.0 Å². The first-order chi connectivity index (χ1) is 21.3. The number of amides is 2. The summed E-state index contributed by atoms with van der Waals surface area (Å²) in [4.78, 5) is 26.8. The topological polar surface area (TPSA) is 102 Å². The van der Waals surface area contributed by atoms with Crippen LogP contribution in [0.3, 0.4) is 0 Å². The third-order valence-electron chi connectivity index (χ3n) is 7.33. The van der Waals surface area contributed by atoms with Gasteiger partial charge in [0.15, 0.2) is 11.6 Å². The lowest BCUT2D eigenvalue weighted by Crippen LogP contribution is -2.35. The lowest BCUT2D eigenvalue weighted by molar-refractivity contribution is -0.131. The molecular weight excluding hydrogens is 588 g/mol. The Bertz CT molecular complexity index is 1810. The number of halogens is 2. The van der Waals surface area contributed by atoms with E-state index in [0.717, 1.165) is 39.1 Å². The molecule has 5 aromatic rings. The first kappa shape index (κ1) is 29.5. The van der Waals surface area contributed by atoms with Gasteiger partial charge in [0.05, 0.1) is 22.7 Å². The van der Waals surface area contributed by atoms with Crippen molar-refractivity contribution in [2.45, 2.75) is 19.4 Å². The fourth-order valence-corrected chi connectivity index (χ4v) is 5.80. The number of hydrogen-bond donors (Lipinski definition) is 3. The van der Waals surface area contributed by atoms with E-state index in [1.807, 2.05) is 30.3 Å². The normalized spacial score (nSPS) is 13.5. The van der Waals surface area contributed by atoms with Crippen molar-refractivity contribution in [3.05, 3.63) is 96.3 Å². The molecule has 0 saturated heterocycles. The number of nitrogens with one attached hydrogen (secondary N) is 3. The molecule has 1 saturated carbocycles. The van der Waals surface area contributed by atoms with Crippen LogP contribution in [0.4, 0.5) is 20.2 Å². The van der Waals surface area contributed by atoms with Crippen LogP contribution in [-0.4, -0.2) is 32.1 Å². The molecule has 0 atom stereocenters. The van der Waals surface area contributed by atoms with Gasteiger partial charge in [0.25, 0.3) is 0 Å². The molecule has 6 rings (SSSR count). The number of furan rings is 1. The first-order valence-corrected chi connectivity index (χ1v) is 14.8. The predicted octanol–water partition coefficient (Wildman–Crippen LogP) is 7.33. The minimum atomic E-state index is -1.26. The summed E-state index contributed by atoms with van der Waals surface area (Å²) in [6.45, 7) is 1.92. The van der Waals surface area contributed by atoms with Crippen LogP contribution in [0.25, 0.3) is 20.7 Å². The quantitative estimate of drug-likeness (QED) is 0.100. The summed E-state index contributed by atoms with van der Waals surface area (Å²) in [5.74, 6) is -0.123. The summed E-state index contributed by atoms with van der Waals surface area (Å²) >= 11 is 1.48. The van der Waals surface area contributed by atoms with Crippen molar-refractivity contribution in [3.63, 3.8) is 0 Å². The van der Waals surface area contributed by atoms with Gasteiger partial charge in [-0.25, -0.2) is 8.78 Å². The van der Waals surface area contributed by atoms with Crippen molar-refractivity contribution >= 4 is 44.6 Å². The number of rotatable bonds is 12. The number of fused-ring (bicyclic) bond motifs is 1. The summed E-state index contributed by atoms with van der Waals surface area (Å²) in [6.07, 6.45) is 0.708. The monoisotopic (exact) mass is 617 g/mol. The Morgan fingerprint density at radius 2 is 1.66 bits per heavy atom. The summed E-state index contributed by atoms with van der Waals surface area (Å²) < 4.78 is 46.2. The third kappa shape index (κ3) is 6.35. The van der Waals surface area contributed by atoms with Gasteiger partial charge in [0.2, 0.25) is 11.8 Å². The molecule has 0 bridgehead atoms. The zero-order chi connectivity index (χ0) is 30.7. The van der Waals surface area contributed by atoms with Gasteiger partial charge in [0.1, 0.15) is 28.5 Å². The molecule has 11 heteroatoms. The van der Waals surface area contributed by atoms with Gasteiger partial charge in [-0.2, -0.15) is 0 Å². The average molecular weight is 618 g/mol. The molecule has 0 radical (unpaired) electrons. The molecule has 0 unspecified atom stereocenters. The average Bonchev–Trinajstić information content (AvgIpc) is 3.50. The zero-order valence-electron chi connectivity index (χ0n) is 23.7. The minimum absolute atomic E-state index is 0.0111. The molecule has 8 nitrogen and oxygen atoms in total. The Kier molecular flexibility index (Phi) is 8.42. The molecule has 226 valence electrons. The maximum Gasteiger partial charge on any atom is 0.240 e. The number of ether oxygens (including phenoxy) is 2. The molecule has 2 heterocycles. The molecule has 0 spiro atoms. The van der Waals surface area contributed by atoms with Gasteiger partial charge in [0, 0.05) is 31.1 Å². The van der Waals surface area contributed by atoms with Crippen LogP contribution in [-0.2, 0) is 20.9 Å². The Morgan fingerprint density at radius 1 is 0.909 bits per heavy atom. The van der Waals surface area contributed by atoms with Crippen LogP contribution in [0.2, 0.25) is 0 Å². The van der Waals surface area contributed by atoms with Gasteiger partial charge in [-0.1, -0.05) is 12.1 Å². The second kappa shape index (κ2) is 12.6. The van der Waals surface area contributed by atoms with E-state index < -0.39 is 28.9 Å². The smallest absolute Gasteiger partial charge is 0.240 e. The second-order valence-corrected chi connectivity index (χ2v) is 11.5. The van der Waals surface area contributed by atoms with Crippen LogP contribution in [0, 0.1) is 17.0 Å². The highest BCUT2D eigenvalue weighted by atomic mass is 32.1. The Balaban J connectivity index is 1.12. The standard InChI is InChI=1S/C33H29F2N3O5S/c1-41-16-15-36-19-24-10-12-27(42-24)29-17-20-3-2-4-28(30(20)44-29)43-26-11-9-23(18-25(26)35)38-32(40)33(13-14-33)31(39)37-22-7-5-21(34)6-8-22/h2-12,17-18,36H,13-16,19H2,1H3,(H,37,39)(H,38,40). The first-order valence-electron chi connectivity index (χ1n) is 14.0. The fourth-order valence-electron chi connectivity index (χ4n) is 4.73. The molecule has 1 fully saturated rings. The van der Waals surface area contributed by atoms with E-state index in [9.17, 15) is 14.0 Å². The number of methoxy groups -OCH3 is 1. The highest BCUT2D eigenvalue weighted by molar-refractivity contribution is 7.22. The van der Waals surface area contributed by atoms with Crippen LogP contribution >= 0.6 is 11.3 Å². The maximum absolute atomic E-state index is 15.2. The zero-order valence-corrected chi connectivity index (χ0v) is 24.6. The molecule has 2 aromatic heterocycles. The minimum Gasteiger partial charge on any atom is -0.459 e. The number of benzene rings is 3. The lowest BCUT2D eigenvalue weighted by Gasteiger charge is -2.16. The van der Waals surface area contributed by atoms with Crippen LogP contribution < -0.4 is 20.7 Å².